The van der Waals surface area contributed by atoms with Crippen LogP contribution in [0.3, 0.4) is 0 Å². The maximum atomic E-state index is 12.4. The molecule has 0 aliphatic rings. The van der Waals surface area contributed by atoms with Crippen LogP contribution in [0.2, 0.25) is 0 Å². The van der Waals surface area contributed by atoms with E-state index < -0.39 is 12.1 Å². The Hall–Kier alpha value is -1.18. The largest absolute Gasteiger partial charge is 0.466 e. The first kappa shape index (κ1) is 43.8. The maximum absolute atomic E-state index is 12.4. The topological polar surface area (TPSA) is 96.3 Å². The molecular weight excluding hydrogens is 566 g/mol. The Morgan fingerprint density at radius 2 is 0.822 bits per heavy atom. The summed E-state index contributed by atoms with van der Waals surface area (Å²) in [6.45, 7) is 7.38. The van der Waals surface area contributed by atoms with Crippen LogP contribution in [0.5, 0.6) is 0 Å². The van der Waals surface area contributed by atoms with E-state index in [2.05, 4.69) is 13.8 Å². The monoisotopic (exact) mass is 642 g/mol. The van der Waals surface area contributed by atoms with Gasteiger partial charge >= 0.3 is 11.9 Å². The minimum absolute atomic E-state index is 0.162. The molecule has 0 fully saturated rings. The van der Waals surface area contributed by atoms with Gasteiger partial charge in [0.25, 0.3) is 0 Å². The predicted octanol–water partition coefficient (Wildman–Crippen LogP) is 9.30. The standard InChI is InChI=1S/C38H75NO6/c1-4-6-8-10-12-14-16-18-20-22-24-26-32-44-37(42)28-30-39(36(34-40)35(3)41)31-29-38(43)45-33-27-25-23-21-19-17-15-13-11-9-7-5-2/h35-36,40-41H,4-34H2,1-3H3/t35-,36-/m0/s1. The fourth-order valence-corrected chi connectivity index (χ4v) is 5.89. The van der Waals surface area contributed by atoms with Gasteiger partial charge in [0.1, 0.15) is 0 Å². The summed E-state index contributed by atoms with van der Waals surface area (Å²) in [5.74, 6) is -0.556. The third-order valence-corrected chi connectivity index (χ3v) is 8.94. The highest BCUT2D eigenvalue weighted by atomic mass is 16.5. The summed E-state index contributed by atoms with van der Waals surface area (Å²) in [7, 11) is 0. The second-order valence-corrected chi connectivity index (χ2v) is 13.2. The van der Waals surface area contributed by atoms with Gasteiger partial charge in [0.05, 0.1) is 44.8 Å². The van der Waals surface area contributed by atoms with Gasteiger partial charge in [0.15, 0.2) is 0 Å². The van der Waals surface area contributed by atoms with E-state index in [0.29, 0.717) is 26.3 Å². The summed E-state index contributed by atoms with van der Waals surface area (Å²) in [5.41, 5.74) is 0. The molecule has 7 heteroatoms. The maximum Gasteiger partial charge on any atom is 0.307 e. The number of unbranched alkanes of at least 4 members (excludes halogenated alkanes) is 22. The van der Waals surface area contributed by atoms with E-state index in [-0.39, 0.29) is 31.4 Å². The number of esters is 2. The fraction of sp³-hybridized carbons (Fsp3) is 0.947. The molecule has 0 radical (unpaired) electrons. The average molecular weight is 642 g/mol. The summed E-state index contributed by atoms with van der Waals surface area (Å²) < 4.78 is 10.9. The SMILES string of the molecule is CCCCCCCCCCCCCCOC(=O)CCN(CCC(=O)OCCCCCCCCCCCCCC)[C@@H](CO)[C@H](C)O. The van der Waals surface area contributed by atoms with Crippen molar-refractivity contribution in [3.05, 3.63) is 0 Å². The highest BCUT2D eigenvalue weighted by Gasteiger charge is 2.24. The highest BCUT2D eigenvalue weighted by Crippen LogP contribution is 2.14. The highest BCUT2D eigenvalue weighted by molar-refractivity contribution is 5.70. The summed E-state index contributed by atoms with van der Waals surface area (Å²) >= 11 is 0. The van der Waals surface area contributed by atoms with Crippen LogP contribution in [0.15, 0.2) is 0 Å². The molecule has 0 unspecified atom stereocenters. The van der Waals surface area contributed by atoms with Gasteiger partial charge < -0.3 is 19.7 Å². The minimum Gasteiger partial charge on any atom is -0.466 e. The van der Waals surface area contributed by atoms with Gasteiger partial charge in [-0.2, -0.15) is 0 Å². The molecule has 268 valence electrons. The first-order valence-electron chi connectivity index (χ1n) is 19.3. The van der Waals surface area contributed by atoms with Crippen molar-refractivity contribution in [2.24, 2.45) is 0 Å². The quantitative estimate of drug-likeness (QED) is 0.0526. The summed E-state index contributed by atoms with van der Waals surface area (Å²) in [6, 6.07) is -0.543. The lowest BCUT2D eigenvalue weighted by Crippen LogP contribution is -2.47. The summed E-state index contributed by atoms with van der Waals surface area (Å²) in [5, 5.41) is 20.0. The molecule has 2 atom stereocenters. The molecule has 0 bridgehead atoms. The van der Waals surface area contributed by atoms with E-state index in [1.807, 2.05) is 0 Å². The number of aliphatic hydroxyl groups is 2. The number of carbonyl (C=O) groups excluding carboxylic acids is 2. The van der Waals surface area contributed by atoms with E-state index in [1.165, 1.54) is 128 Å². The van der Waals surface area contributed by atoms with Crippen LogP contribution in [0.1, 0.15) is 188 Å². The smallest absolute Gasteiger partial charge is 0.307 e. The molecule has 0 saturated heterocycles. The Balaban J connectivity index is 3.97. The number of carbonyl (C=O) groups is 2. The normalized spacial score (nSPS) is 12.8. The zero-order chi connectivity index (χ0) is 33.2. The number of rotatable bonds is 35. The van der Waals surface area contributed by atoms with Gasteiger partial charge in [-0.1, -0.05) is 155 Å². The number of aliphatic hydroxyl groups excluding tert-OH is 2. The Morgan fingerprint density at radius 3 is 1.09 bits per heavy atom. The van der Waals surface area contributed by atoms with Crippen molar-refractivity contribution in [1.82, 2.24) is 4.90 Å². The van der Waals surface area contributed by atoms with Crippen LogP contribution in [0, 0.1) is 0 Å². The van der Waals surface area contributed by atoms with E-state index in [4.69, 9.17) is 9.47 Å². The van der Waals surface area contributed by atoms with Crippen molar-refractivity contribution < 1.29 is 29.3 Å². The van der Waals surface area contributed by atoms with Crippen LogP contribution in [0.4, 0.5) is 0 Å². The van der Waals surface area contributed by atoms with Crippen molar-refractivity contribution in [1.29, 1.82) is 0 Å². The van der Waals surface area contributed by atoms with E-state index in [0.717, 1.165) is 25.7 Å². The molecule has 0 aliphatic carbocycles. The van der Waals surface area contributed by atoms with Gasteiger partial charge in [-0.15, -0.1) is 0 Å². The fourth-order valence-electron chi connectivity index (χ4n) is 5.89. The van der Waals surface area contributed by atoms with Gasteiger partial charge in [-0.3, -0.25) is 14.5 Å². The van der Waals surface area contributed by atoms with Crippen molar-refractivity contribution >= 4 is 11.9 Å². The van der Waals surface area contributed by atoms with Crippen molar-refractivity contribution in [2.75, 3.05) is 32.9 Å². The number of hydrogen-bond acceptors (Lipinski definition) is 7. The van der Waals surface area contributed by atoms with Gasteiger partial charge in [-0.05, 0) is 19.8 Å². The van der Waals surface area contributed by atoms with E-state index in [1.54, 1.807) is 11.8 Å². The minimum atomic E-state index is -0.788. The zero-order valence-corrected chi connectivity index (χ0v) is 30.0. The third-order valence-electron chi connectivity index (χ3n) is 8.94. The van der Waals surface area contributed by atoms with Crippen LogP contribution in [-0.4, -0.2) is 72.1 Å². The van der Waals surface area contributed by atoms with Gasteiger partial charge in [0.2, 0.25) is 0 Å². The molecule has 0 aromatic carbocycles. The predicted molar refractivity (Wildman–Crippen MR) is 187 cm³/mol. The molecule has 45 heavy (non-hydrogen) atoms. The van der Waals surface area contributed by atoms with Crippen molar-refractivity contribution in [3.63, 3.8) is 0 Å². The second-order valence-electron chi connectivity index (χ2n) is 13.2. The number of hydrogen-bond donors (Lipinski definition) is 2. The average Bonchev–Trinajstić information content (AvgIpc) is 3.02. The molecule has 0 spiro atoms. The Morgan fingerprint density at radius 1 is 0.533 bits per heavy atom. The van der Waals surface area contributed by atoms with Gasteiger partial charge in [0, 0.05) is 13.1 Å². The zero-order valence-electron chi connectivity index (χ0n) is 30.0. The van der Waals surface area contributed by atoms with E-state index in [9.17, 15) is 19.8 Å². The van der Waals surface area contributed by atoms with Crippen LogP contribution in [-0.2, 0) is 19.1 Å². The first-order chi connectivity index (χ1) is 22.0. The third kappa shape index (κ3) is 29.9. The lowest BCUT2D eigenvalue weighted by molar-refractivity contribution is -0.145. The number of nitrogens with zero attached hydrogens (tertiary/aromatic N) is 1. The summed E-state index contributed by atoms with van der Waals surface area (Å²) in [4.78, 5) is 26.5. The Bertz CT molecular complexity index is 598. The molecule has 0 amide bonds. The number of ether oxygens (including phenoxy) is 2. The molecular formula is C38H75NO6. The van der Waals surface area contributed by atoms with Gasteiger partial charge in [-0.25, -0.2) is 0 Å². The molecule has 0 aromatic heterocycles. The van der Waals surface area contributed by atoms with E-state index >= 15 is 0 Å². The van der Waals surface area contributed by atoms with Crippen LogP contribution >= 0.6 is 0 Å². The second kappa shape index (κ2) is 34.2. The lowest BCUT2D eigenvalue weighted by Gasteiger charge is -2.31. The Kier molecular flexibility index (Phi) is 33.3. The summed E-state index contributed by atoms with van der Waals surface area (Å²) in [6.07, 6.45) is 29.9. The lowest BCUT2D eigenvalue weighted by atomic mass is 10.1. The molecule has 0 aromatic rings. The molecule has 7 nitrogen and oxygen atoms in total. The Labute approximate surface area is 278 Å². The molecule has 0 saturated carbocycles. The molecule has 0 aliphatic heterocycles. The van der Waals surface area contributed by atoms with Crippen molar-refractivity contribution in [3.8, 4) is 0 Å². The van der Waals surface area contributed by atoms with Crippen molar-refractivity contribution in [2.45, 2.75) is 200 Å². The van der Waals surface area contributed by atoms with Crippen LogP contribution in [0.25, 0.3) is 0 Å². The molecule has 0 rings (SSSR count). The molecule has 0 heterocycles. The first-order valence-corrected chi connectivity index (χ1v) is 19.3. The molecule has 2 N–H and O–H groups in total. The van der Waals surface area contributed by atoms with Crippen LogP contribution < -0.4 is 0 Å².